The highest BCUT2D eigenvalue weighted by Crippen LogP contribution is 2.55. The molecule has 0 N–H and O–H groups in total. The number of hydrogen-bond acceptors (Lipinski definition) is 3. The van der Waals surface area contributed by atoms with Gasteiger partial charge in [-0.15, -0.1) is 0 Å². The van der Waals surface area contributed by atoms with Gasteiger partial charge in [-0.25, -0.2) is 15.0 Å². The molecule has 0 aliphatic heterocycles. The van der Waals surface area contributed by atoms with Crippen LogP contribution in [0.5, 0.6) is 0 Å². The van der Waals surface area contributed by atoms with E-state index >= 15 is 0 Å². The van der Waals surface area contributed by atoms with Crippen molar-refractivity contribution in [3.05, 3.63) is 162 Å². The van der Waals surface area contributed by atoms with Crippen LogP contribution in [0.25, 0.3) is 89.0 Å². The lowest BCUT2D eigenvalue weighted by molar-refractivity contribution is 0.653. The van der Waals surface area contributed by atoms with E-state index in [2.05, 4.69) is 127 Å². The van der Waals surface area contributed by atoms with E-state index in [0.717, 1.165) is 29.5 Å². The number of nitrogens with zero attached hydrogens (tertiary/aromatic N) is 4. The van der Waals surface area contributed by atoms with Gasteiger partial charge in [0.1, 0.15) is 0 Å². The summed E-state index contributed by atoms with van der Waals surface area (Å²) in [7, 11) is 0. The monoisotopic (exact) mass is 666 g/mol. The van der Waals surface area contributed by atoms with Crippen molar-refractivity contribution in [3.8, 4) is 45.3 Å². The molecule has 0 bridgehead atoms. The molecule has 3 aromatic heterocycles. The molecule has 0 saturated carbocycles. The zero-order valence-corrected chi connectivity index (χ0v) is 29.1. The second kappa shape index (κ2) is 10.8. The number of fused-ring (bicyclic) bond motifs is 8. The molecule has 0 spiro atoms. The minimum Gasteiger partial charge on any atom is -0.308 e. The number of allylic oxidation sites excluding steroid dienone is 4. The summed E-state index contributed by atoms with van der Waals surface area (Å²) in [5.41, 5.74) is 14.6. The van der Waals surface area contributed by atoms with E-state index < -0.39 is 0 Å². The minimum absolute atomic E-state index is 0.167. The van der Waals surface area contributed by atoms with Crippen LogP contribution in [0.2, 0.25) is 0 Å². The summed E-state index contributed by atoms with van der Waals surface area (Å²) in [6.07, 6.45) is 6.79. The molecule has 4 nitrogen and oxygen atoms in total. The van der Waals surface area contributed by atoms with E-state index in [1.54, 1.807) is 0 Å². The topological polar surface area (TPSA) is 43.1 Å². The Morgan fingerprint density at radius 1 is 0.519 bits per heavy atom. The first-order chi connectivity index (χ1) is 25.5. The van der Waals surface area contributed by atoms with E-state index in [0.29, 0.717) is 17.5 Å². The Balaban J connectivity index is 1.23. The van der Waals surface area contributed by atoms with Crippen LogP contribution in [-0.4, -0.2) is 19.4 Å². The van der Waals surface area contributed by atoms with E-state index in [9.17, 15) is 0 Å². The second-order valence-electron chi connectivity index (χ2n) is 14.7. The Morgan fingerprint density at radius 2 is 1.04 bits per heavy atom. The van der Waals surface area contributed by atoms with E-state index in [1.165, 1.54) is 71.5 Å². The van der Waals surface area contributed by atoms with Crippen LogP contribution in [0.15, 0.2) is 151 Å². The summed E-state index contributed by atoms with van der Waals surface area (Å²) in [4.78, 5) is 15.4. The second-order valence-corrected chi connectivity index (χ2v) is 14.7. The molecule has 0 radical (unpaired) electrons. The SMILES string of the molecule is CC1(C)C2=C(CCC=C2)c2cc(-c3nc(-c4ccccc4)nc(-c4ccccc4)n3)cc(-c3cc4c5ccccc5n5c6ccccc6c(c3)c45)c21. The van der Waals surface area contributed by atoms with Gasteiger partial charge in [-0.1, -0.05) is 123 Å². The molecule has 0 amide bonds. The molecular formula is C48H34N4. The highest BCUT2D eigenvalue weighted by molar-refractivity contribution is 6.24. The van der Waals surface area contributed by atoms with Gasteiger partial charge >= 0.3 is 0 Å². The molecule has 0 unspecified atom stereocenters. The van der Waals surface area contributed by atoms with Crippen molar-refractivity contribution in [1.29, 1.82) is 0 Å². The quantitative estimate of drug-likeness (QED) is 0.188. The summed E-state index contributed by atoms with van der Waals surface area (Å²) in [6, 6.07) is 47.7. The maximum atomic E-state index is 5.20. The lowest BCUT2D eigenvalue weighted by Crippen LogP contribution is -2.18. The van der Waals surface area contributed by atoms with Gasteiger partial charge in [-0.05, 0) is 82.6 Å². The van der Waals surface area contributed by atoms with Gasteiger partial charge < -0.3 is 4.40 Å². The number of aromatic nitrogens is 4. The molecular weight excluding hydrogens is 633 g/mol. The first-order valence-electron chi connectivity index (χ1n) is 18.2. The molecule has 0 fully saturated rings. The fourth-order valence-corrected chi connectivity index (χ4v) is 9.12. The van der Waals surface area contributed by atoms with Gasteiger partial charge in [-0.3, -0.25) is 0 Å². The predicted molar refractivity (Wildman–Crippen MR) is 215 cm³/mol. The molecule has 0 saturated heterocycles. The molecule has 2 aliphatic carbocycles. The maximum absolute atomic E-state index is 5.20. The molecule has 246 valence electrons. The van der Waals surface area contributed by atoms with Crippen molar-refractivity contribution in [2.24, 2.45) is 0 Å². The van der Waals surface area contributed by atoms with Crippen LogP contribution in [-0.2, 0) is 5.41 Å². The van der Waals surface area contributed by atoms with Crippen LogP contribution in [0.3, 0.4) is 0 Å². The molecule has 9 aromatic rings. The molecule has 52 heavy (non-hydrogen) atoms. The van der Waals surface area contributed by atoms with Crippen molar-refractivity contribution in [2.45, 2.75) is 32.1 Å². The molecule has 4 heteroatoms. The van der Waals surface area contributed by atoms with Gasteiger partial charge in [0.2, 0.25) is 0 Å². The zero-order valence-electron chi connectivity index (χ0n) is 29.1. The summed E-state index contributed by atoms with van der Waals surface area (Å²) in [5.74, 6) is 2.03. The molecule has 0 atom stereocenters. The average molecular weight is 667 g/mol. The highest BCUT2D eigenvalue weighted by Gasteiger charge is 2.40. The fraction of sp³-hybridized carbons (Fsp3) is 0.104. The zero-order chi connectivity index (χ0) is 34.6. The van der Waals surface area contributed by atoms with Crippen LogP contribution < -0.4 is 0 Å². The summed E-state index contributed by atoms with van der Waals surface area (Å²) in [5, 5.41) is 5.12. The Bertz CT molecular complexity index is 2820. The molecule has 6 aromatic carbocycles. The maximum Gasteiger partial charge on any atom is 0.164 e. The fourth-order valence-electron chi connectivity index (χ4n) is 9.12. The van der Waals surface area contributed by atoms with Crippen LogP contribution >= 0.6 is 0 Å². The molecule has 11 rings (SSSR count). The summed E-state index contributed by atoms with van der Waals surface area (Å²) >= 11 is 0. The normalized spacial score (nSPS) is 15.0. The van der Waals surface area contributed by atoms with Gasteiger partial charge in [0.25, 0.3) is 0 Å². The predicted octanol–water partition coefficient (Wildman–Crippen LogP) is 12.1. The van der Waals surface area contributed by atoms with Crippen molar-refractivity contribution in [1.82, 2.24) is 19.4 Å². The third kappa shape index (κ3) is 4.12. The lowest BCUT2D eigenvalue weighted by atomic mass is 9.76. The first kappa shape index (κ1) is 29.4. The smallest absolute Gasteiger partial charge is 0.164 e. The number of rotatable bonds is 4. The minimum atomic E-state index is -0.167. The van der Waals surface area contributed by atoms with Crippen molar-refractivity contribution < 1.29 is 0 Å². The Labute approximate surface area is 301 Å². The van der Waals surface area contributed by atoms with E-state index in [-0.39, 0.29) is 5.41 Å². The highest BCUT2D eigenvalue weighted by atomic mass is 15.0. The van der Waals surface area contributed by atoms with E-state index in [1.807, 2.05) is 36.4 Å². The third-order valence-electron chi connectivity index (χ3n) is 11.4. The molecule has 3 heterocycles. The van der Waals surface area contributed by atoms with Crippen LogP contribution in [0.1, 0.15) is 37.8 Å². The van der Waals surface area contributed by atoms with E-state index in [4.69, 9.17) is 15.0 Å². The average Bonchev–Trinajstić information content (AvgIpc) is 3.80. The van der Waals surface area contributed by atoms with Crippen LogP contribution in [0.4, 0.5) is 0 Å². The Hall–Kier alpha value is -6.39. The van der Waals surface area contributed by atoms with Crippen LogP contribution in [0, 0.1) is 0 Å². The Kier molecular flexibility index (Phi) is 6.10. The lowest BCUT2D eigenvalue weighted by Gasteiger charge is -2.27. The number of para-hydroxylation sites is 2. The standard InChI is InChI=1S/C48H34N4/c1-48(2)40-22-12-9-19-33(40)37-28-32(47-50-45(29-15-5-3-6-16-29)49-46(51-47)30-17-7-4-8-18-30)27-36(43(37)48)31-25-38-34-20-10-13-23-41(34)52-42-24-14-11-21-35(42)39(26-31)44(38)52/h3-8,10-18,20-28H,9,19H2,1-2H3. The number of benzene rings is 6. The Morgan fingerprint density at radius 3 is 1.63 bits per heavy atom. The van der Waals surface area contributed by atoms with Gasteiger partial charge in [0.15, 0.2) is 17.5 Å². The van der Waals surface area contributed by atoms with Crippen molar-refractivity contribution in [3.63, 3.8) is 0 Å². The molecule has 2 aliphatic rings. The first-order valence-corrected chi connectivity index (χ1v) is 18.2. The summed E-state index contributed by atoms with van der Waals surface area (Å²) in [6.45, 7) is 4.80. The van der Waals surface area contributed by atoms with Crippen molar-refractivity contribution in [2.75, 3.05) is 0 Å². The summed E-state index contributed by atoms with van der Waals surface area (Å²) < 4.78 is 2.45. The van der Waals surface area contributed by atoms with Gasteiger partial charge in [0.05, 0.1) is 16.6 Å². The van der Waals surface area contributed by atoms with Gasteiger partial charge in [-0.2, -0.15) is 0 Å². The third-order valence-corrected chi connectivity index (χ3v) is 11.4. The number of hydrogen-bond donors (Lipinski definition) is 0. The van der Waals surface area contributed by atoms with Gasteiger partial charge in [0, 0.05) is 43.7 Å². The van der Waals surface area contributed by atoms with Crippen molar-refractivity contribution >= 4 is 43.7 Å². The largest absolute Gasteiger partial charge is 0.308 e.